The summed E-state index contributed by atoms with van der Waals surface area (Å²) in [5.41, 5.74) is 1.13. The normalized spacial score (nSPS) is 19.4. The molecule has 3 rings (SSSR count). The lowest BCUT2D eigenvalue weighted by atomic mass is 10.0. The molecule has 1 aliphatic heterocycles. The van der Waals surface area contributed by atoms with E-state index < -0.39 is 6.04 Å². The fraction of sp³-hybridized carbons (Fsp3) is 0.429. The van der Waals surface area contributed by atoms with Crippen molar-refractivity contribution in [2.75, 3.05) is 12.4 Å². The van der Waals surface area contributed by atoms with Gasteiger partial charge in [-0.3, -0.25) is 14.5 Å². The van der Waals surface area contributed by atoms with E-state index in [2.05, 4.69) is 15.3 Å². The van der Waals surface area contributed by atoms with Crippen LogP contribution in [-0.2, 0) is 9.59 Å². The third-order valence-corrected chi connectivity index (χ3v) is 5.04. The summed E-state index contributed by atoms with van der Waals surface area (Å²) in [7, 11) is 1.52. The highest BCUT2D eigenvalue weighted by Gasteiger charge is 2.32. The number of likely N-dealkylation sites (N-methyl/N-ethyl adjacent to an activating group) is 1. The molecule has 1 atom stereocenters. The van der Waals surface area contributed by atoms with E-state index >= 15 is 0 Å². The quantitative estimate of drug-likeness (QED) is 0.857. The van der Waals surface area contributed by atoms with Crippen molar-refractivity contribution in [1.82, 2.24) is 14.9 Å². The van der Waals surface area contributed by atoms with Crippen LogP contribution in [0.15, 0.2) is 6.33 Å². The van der Waals surface area contributed by atoms with Crippen molar-refractivity contribution in [3.8, 4) is 0 Å². The topological polar surface area (TPSA) is 75.2 Å². The predicted octanol–water partition coefficient (Wildman–Crippen LogP) is 1.87. The van der Waals surface area contributed by atoms with Crippen LogP contribution in [0.5, 0.6) is 0 Å². The summed E-state index contributed by atoms with van der Waals surface area (Å²) in [6.45, 7) is 4.07. The molecule has 1 fully saturated rings. The van der Waals surface area contributed by atoms with Gasteiger partial charge in [-0.25, -0.2) is 9.97 Å². The van der Waals surface area contributed by atoms with E-state index in [0.717, 1.165) is 15.8 Å². The molecule has 2 aromatic rings. The first-order valence-corrected chi connectivity index (χ1v) is 7.58. The molecule has 1 aliphatic rings. The zero-order valence-electron chi connectivity index (χ0n) is 12.1. The first kappa shape index (κ1) is 13.9. The summed E-state index contributed by atoms with van der Waals surface area (Å²) < 4.78 is 0. The molecule has 1 N–H and O–H groups in total. The van der Waals surface area contributed by atoms with Crippen LogP contribution >= 0.6 is 11.3 Å². The van der Waals surface area contributed by atoms with Gasteiger partial charge in [0.25, 0.3) is 5.91 Å². The molecule has 110 valence electrons. The number of likely N-dealkylation sites (tertiary alicyclic amines) is 1. The number of thiophene rings is 1. The molecule has 3 heterocycles. The monoisotopic (exact) mass is 304 g/mol. The van der Waals surface area contributed by atoms with E-state index in [-0.39, 0.29) is 11.8 Å². The number of aryl methyl sites for hydroxylation is 2. The summed E-state index contributed by atoms with van der Waals surface area (Å²) in [6, 6.07) is -0.412. The van der Waals surface area contributed by atoms with E-state index in [1.165, 1.54) is 23.2 Å². The van der Waals surface area contributed by atoms with Crippen molar-refractivity contribution in [2.24, 2.45) is 0 Å². The average Bonchev–Trinajstić information content (AvgIpc) is 2.76. The molecule has 0 spiro atoms. The van der Waals surface area contributed by atoms with Gasteiger partial charge in [-0.15, -0.1) is 11.3 Å². The number of nitrogens with one attached hydrogen (secondary N) is 1. The van der Waals surface area contributed by atoms with Gasteiger partial charge in [0.05, 0.1) is 5.39 Å². The van der Waals surface area contributed by atoms with Crippen molar-refractivity contribution >= 4 is 39.2 Å². The van der Waals surface area contributed by atoms with E-state index in [9.17, 15) is 9.59 Å². The van der Waals surface area contributed by atoms with Crippen LogP contribution in [0.4, 0.5) is 5.82 Å². The first-order chi connectivity index (χ1) is 9.99. The van der Waals surface area contributed by atoms with Gasteiger partial charge in [-0.1, -0.05) is 0 Å². The minimum absolute atomic E-state index is 0.131. The fourth-order valence-electron chi connectivity index (χ4n) is 2.51. The third-order valence-electron chi connectivity index (χ3n) is 3.93. The number of piperidine rings is 1. The fourth-order valence-corrected chi connectivity index (χ4v) is 3.50. The van der Waals surface area contributed by atoms with E-state index in [1.54, 1.807) is 11.3 Å². The molecule has 1 saturated heterocycles. The lowest BCUT2D eigenvalue weighted by Crippen LogP contribution is -2.48. The molecular weight excluding hydrogens is 288 g/mol. The van der Waals surface area contributed by atoms with Crippen LogP contribution in [0, 0.1) is 13.8 Å². The van der Waals surface area contributed by atoms with E-state index in [0.29, 0.717) is 18.7 Å². The number of aromatic nitrogens is 2. The number of amides is 2. The Morgan fingerprint density at radius 3 is 2.86 bits per heavy atom. The molecule has 6 nitrogen and oxygen atoms in total. The lowest BCUT2D eigenvalue weighted by Gasteiger charge is -2.28. The number of imide groups is 1. The Morgan fingerprint density at radius 2 is 2.10 bits per heavy atom. The summed E-state index contributed by atoms with van der Waals surface area (Å²) in [5.74, 6) is 0.332. The number of rotatable bonds is 2. The maximum atomic E-state index is 12.2. The molecule has 7 heteroatoms. The summed E-state index contributed by atoms with van der Waals surface area (Å²) >= 11 is 1.62. The molecule has 0 bridgehead atoms. The molecule has 0 aromatic carbocycles. The van der Waals surface area contributed by atoms with Crippen LogP contribution in [0.25, 0.3) is 10.2 Å². The second-order valence-electron chi connectivity index (χ2n) is 5.21. The summed E-state index contributed by atoms with van der Waals surface area (Å²) in [6.07, 6.45) is 2.37. The van der Waals surface area contributed by atoms with Gasteiger partial charge in [0.1, 0.15) is 23.0 Å². The highest BCUT2D eigenvalue weighted by molar-refractivity contribution is 7.18. The van der Waals surface area contributed by atoms with Gasteiger partial charge in [-0.05, 0) is 25.8 Å². The number of hydrogen-bond donors (Lipinski definition) is 1. The number of hydrogen-bond acceptors (Lipinski definition) is 6. The minimum atomic E-state index is -0.412. The highest BCUT2D eigenvalue weighted by atomic mass is 32.1. The summed E-state index contributed by atoms with van der Waals surface area (Å²) in [5, 5.41) is 4.16. The SMILES string of the molecule is Cc1sc2ncnc(NC3CCC(=O)N(C)C3=O)c2c1C. The second-order valence-corrected chi connectivity index (χ2v) is 6.42. The smallest absolute Gasteiger partial charge is 0.251 e. The van der Waals surface area contributed by atoms with Crippen LogP contribution in [0.1, 0.15) is 23.3 Å². The Balaban J connectivity index is 1.95. The Kier molecular flexibility index (Phi) is 3.36. The Bertz CT molecular complexity index is 740. The molecule has 21 heavy (non-hydrogen) atoms. The molecule has 1 unspecified atom stereocenters. The van der Waals surface area contributed by atoms with E-state index in [4.69, 9.17) is 0 Å². The van der Waals surface area contributed by atoms with Gasteiger partial charge in [0.15, 0.2) is 0 Å². The largest absolute Gasteiger partial charge is 0.358 e. The van der Waals surface area contributed by atoms with Gasteiger partial charge in [0.2, 0.25) is 5.91 Å². The van der Waals surface area contributed by atoms with Gasteiger partial charge in [0, 0.05) is 18.3 Å². The predicted molar refractivity (Wildman–Crippen MR) is 81.3 cm³/mol. The van der Waals surface area contributed by atoms with Gasteiger partial charge >= 0.3 is 0 Å². The first-order valence-electron chi connectivity index (χ1n) is 6.76. The maximum absolute atomic E-state index is 12.2. The zero-order valence-corrected chi connectivity index (χ0v) is 13.0. The standard InChI is InChI=1S/C14H16N4O2S/c1-7-8(2)21-13-11(7)12(15-6-16-13)17-9-4-5-10(19)18(3)14(9)20/h6,9H,4-5H2,1-3H3,(H,15,16,17). The Labute approximate surface area is 126 Å². The minimum Gasteiger partial charge on any atom is -0.358 e. The van der Waals surface area contributed by atoms with Gasteiger partial charge in [-0.2, -0.15) is 0 Å². The Morgan fingerprint density at radius 1 is 1.33 bits per heavy atom. The molecule has 0 aliphatic carbocycles. The number of fused-ring (bicyclic) bond motifs is 1. The zero-order chi connectivity index (χ0) is 15.1. The third kappa shape index (κ3) is 2.27. The average molecular weight is 304 g/mol. The van der Waals surface area contributed by atoms with Crippen molar-refractivity contribution < 1.29 is 9.59 Å². The van der Waals surface area contributed by atoms with Crippen molar-refractivity contribution in [3.05, 3.63) is 16.8 Å². The molecule has 2 amide bonds. The molecule has 2 aromatic heterocycles. The van der Waals surface area contributed by atoms with Crippen molar-refractivity contribution in [1.29, 1.82) is 0 Å². The highest BCUT2D eigenvalue weighted by Crippen LogP contribution is 2.33. The molecular formula is C14H16N4O2S. The van der Waals surface area contributed by atoms with Crippen LogP contribution in [0.3, 0.4) is 0 Å². The molecule has 0 radical (unpaired) electrons. The van der Waals surface area contributed by atoms with Gasteiger partial charge < -0.3 is 5.32 Å². The number of carbonyl (C=O) groups excluding carboxylic acids is 2. The maximum Gasteiger partial charge on any atom is 0.251 e. The second kappa shape index (κ2) is 5.07. The van der Waals surface area contributed by atoms with Crippen molar-refractivity contribution in [3.63, 3.8) is 0 Å². The van der Waals surface area contributed by atoms with Crippen LogP contribution in [-0.4, -0.2) is 39.8 Å². The van der Waals surface area contributed by atoms with Crippen LogP contribution in [0.2, 0.25) is 0 Å². The van der Waals surface area contributed by atoms with Crippen LogP contribution < -0.4 is 5.32 Å². The number of nitrogens with zero attached hydrogens (tertiary/aromatic N) is 3. The lowest BCUT2D eigenvalue weighted by molar-refractivity contribution is -0.146. The number of anilines is 1. The Hall–Kier alpha value is -2.02. The number of carbonyl (C=O) groups is 2. The summed E-state index contributed by atoms with van der Waals surface area (Å²) in [4.78, 5) is 35.5. The van der Waals surface area contributed by atoms with Crippen molar-refractivity contribution in [2.45, 2.75) is 32.7 Å². The van der Waals surface area contributed by atoms with E-state index in [1.807, 2.05) is 13.8 Å². The molecule has 0 saturated carbocycles.